The summed E-state index contributed by atoms with van der Waals surface area (Å²) in [5.74, 6) is 0. The summed E-state index contributed by atoms with van der Waals surface area (Å²) in [5.41, 5.74) is 0. The van der Waals surface area contributed by atoms with Crippen molar-refractivity contribution in [1.82, 2.24) is 0 Å². The van der Waals surface area contributed by atoms with Crippen LogP contribution in [0.4, 0.5) is 0 Å². The van der Waals surface area contributed by atoms with Gasteiger partial charge in [-0.05, 0) is 54.4 Å². The molecule has 1 saturated heterocycles. The Morgan fingerprint density at radius 3 is 0.361 bits per heavy atom. The van der Waals surface area contributed by atoms with Gasteiger partial charge in [0.1, 0.15) is 0 Å². The highest BCUT2D eigenvalue weighted by Crippen LogP contribution is 2.17. The molecule has 0 unspecified atom stereocenters. The lowest BCUT2D eigenvalue weighted by Gasteiger charge is -2.33. The average Bonchev–Trinajstić information content (AvgIpc) is 2.91. The van der Waals surface area contributed by atoms with Gasteiger partial charge in [0.25, 0.3) is 0 Å². The minimum Gasteiger partial charge on any atom is -0.420 e. The molecule has 1 aliphatic rings. The van der Waals surface area contributed by atoms with Gasteiger partial charge in [-0.1, -0.05) is 62.3 Å². The standard InChI is InChI=1S/C18H54O9Si9/c1-10-28-19-29(11-2)21-31(13-4)23-33(15-6)25-35(17-8)27-36(18-9)26-34(16-7)24-32(14-5)22-30(12-3)20-28/h28-36H,10-18H2,1-9H3. The molecule has 0 aromatic heterocycles. The summed E-state index contributed by atoms with van der Waals surface area (Å²) in [6, 6.07) is 8.20. The molecule has 36 heavy (non-hydrogen) atoms. The first kappa shape index (κ1) is 35.6. The Bertz CT molecular complexity index is 388. The maximum absolute atomic E-state index is 6.58. The van der Waals surface area contributed by atoms with E-state index < -0.39 is 83.6 Å². The second-order valence-corrected chi connectivity index (χ2v) is 33.6. The Morgan fingerprint density at radius 2 is 0.306 bits per heavy atom. The third-order valence-corrected chi connectivity index (χ3v) is 33.6. The number of hydrogen-bond acceptors (Lipinski definition) is 9. The Kier molecular flexibility index (Phi) is 21.1. The second kappa shape index (κ2) is 21.4. The van der Waals surface area contributed by atoms with Gasteiger partial charge in [-0.2, -0.15) is 0 Å². The normalized spacial score (nSPS) is 36.8. The smallest absolute Gasteiger partial charge is 0.303 e. The van der Waals surface area contributed by atoms with Crippen molar-refractivity contribution in [2.24, 2.45) is 0 Å². The van der Waals surface area contributed by atoms with Crippen molar-refractivity contribution in [1.29, 1.82) is 0 Å². The molecule has 0 aromatic rings. The molecule has 0 aromatic carbocycles. The largest absolute Gasteiger partial charge is 0.420 e. The third-order valence-electron chi connectivity index (χ3n) is 5.73. The van der Waals surface area contributed by atoms with Gasteiger partial charge in [-0.25, -0.2) is 0 Å². The summed E-state index contributed by atoms with van der Waals surface area (Å²) in [6.07, 6.45) is 0. The van der Waals surface area contributed by atoms with Crippen LogP contribution in [0.2, 0.25) is 54.4 Å². The maximum Gasteiger partial charge on any atom is 0.303 e. The van der Waals surface area contributed by atoms with Gasteiger partial charge in [-0.3, -0.25) is 0 Å². The predicted octanol–water partition coefficient (Wildman–Crippen LogP) is 2.31. The van der Waals surface area contributed by atoms with Crippen molar-refractivity contribution in [3.05, 3.63) is 0 Å². The van der Waals surface area contributed by atoms with Crippen LogP contribution in [0, 0.1) is 0 Å². The highest BCUT2D eigenvalue weighted by atomic mass is 28.5. The zero-order chi connectivity index (χ0) is 26.9. The summed E-state index contributed by atoms with van der Waals surface area (Å²) in [6.45, 7) is 19.4. The molecule has 18 heteroatoms. The Balaban J connectivity index is 3.20. The lowest BCUT2D eigenvalue weighted by Crippen LogP contribution is -2.47. The highest BCUT2D eigenvalue weighted by Gasteiger charge is 2.33. The fourth-order valence-corrected chi connectivity index (χ4v) is 37.1. The minimum absolute atomic E-state index is 0.911. The van der Waals surface area contributed by atoms with E-state index in [9.17, 15) is 0 Å². The molecule has 1 fully saturated rings. The average molecular weight is 667 g/mol. The molecule has 0 spiro atoms. The molecule has 9 nitrogen and oxygen atoms in total. The van der Waals surface area contributed by atoms with E-state index in [1.165, 1.54) is 0 Å². The molecule has 1 aliphatic heterocycles. The zero-order valence-electron chi connectivity index (χ0n) is 24.2. The van der Waals surface area contributed by atoms with Crippen molar-refractivity contribution < 1.29 is 37.0 Å². The van der Waals surface area contributed by atoms with Crippen LogP contribution in [0.5, 0.6) is 0 Å². The van der Waals surface area contributed by atoms with E-state index in [0.717, 1.165) is 54.4 Å². The molecular weight excluding hydrogens is 613 g/mol. The lowest BCUT2D eigenvalue weighted by molar-refractivity contribution is 0.284. The molecule has 0 amide bonds. The Morgan fingerprint density at radius 1 is 0.222 bits per heavy atom. The summed E-state index contributed by atoms with van der Waals surface area (Å²) in [4.78, 5) is 0. The first-order valence-corrected chi connectivity index (χ1v) is 30.1. The monoisotopic (exact) mass is 666 g/mol. The molecule has 1 heterocycles. The second-order valence-electron chi connectivity index (χ2n) is 8.77. The van der Waals surface area contributed by atoms with E-state index in [2.05, 4.69) is 62.3 Å². The van der Waals surface area contributed by atoms with Crippen molar-refractivity contribution in [2.45, 2.75) is 117 Å². The Labute approximate surface area is 236 Å². The molecule has 0 saturated carbocycles. The van der Waals surface area contributed by atoms with E-state index in [4.69, 9.17) is 37.0 Å². The lowest BCUT2D eigenvalue weighted by atomic mass is 11.0. The summed E-state index contributed by atoms with van der Waals surface area (Å²) in [7, 11) is -16.8. The van der Waals surface area contributed by atoms with Crippen LogP contribution < -0.4 is 0 Å². The van der Waals surface area contributed by atoms with Gasteiger partial charge >= 0.3 is 83.6 Å². The van der Waals surface area contributed by atoms with Crippen LogP contribution in [0.15, 0.2) is 0 Å². The summed E-state index contributed by atoms with van der Waals surface area (Å²) < 4.78 is 59.2. The van der Waals surface area contributed by atoms with Crippen LogP contribution in [-0.2, 0) is 37.0 Å². The van der Waals surface area contributed by atoms with Crippen molar-refractivity contribution in [3.8, 4) is 0 Å². The van der Waals surface area contributed by atoms with E-state index in [-0.39, 0.29) is 0 Å². The molecule has 0 N–H and O–H groups in total. The zero-order valence-corrected chi connectivity index (χ0v) is 34.6. The van der Waals surface area contributed by atoms with Gasteiger partial charge < -0.3 is 37.0 Å². The first-order valence-electron chi connectivity index (χ1n) is 14.3. The molecule has 0 atom stereocenters. The quantitative estimate of drug-likeness (QED) is 0.345. The topological polar surface area (TPSA) is 83.1 Å². The van der Waals surface area contributed by atoms with Crippen molar-refractivity contribution in [2.75, 3.05) is 0 Å². The summed E-state index contributed by atoms with van der Waals surface area (Å²) >= 11 is 0. The van der Waals surface area contributed by atoms with Crippen molar-refractivity contribution in [3.63, 3.8) is 0 Å². The highest BCUT2D eigenvalue weighted by molar-refractivity contribution is 6.75. The van der Waals surface area contributed by atoms with Gasteiger partial charge in [0, 0.05) is 0 Å². The minimum atomic E-state index is -1.87. The number of rotatable bonds is 9. The molecule has 0 radical (unpaired) electrons. The van der Waals surface area contributed by atoms with Crippen molar-refractivity contribution >= 4 is 83.6 Å². The van der Waals surface area contributed by atoms with Gasteiger partial charge in [0.2, 0.25) is 0 Å². The first-order chi connectivity index (χ1) is 17.4. The molecule has 0 bridgehead atoms. The molecule has 216 valence electrons. The van der Waals surface area contributed by atoms with Crippen LogP contribution in [0.3, 0.4) is 0 Å². The van der Waals surface area contributed by atoms with Gasteiger partial charge in [0.15, 0.2) is 0 Å². The molecule has 1 rings (SSSR count). The van der Waals surface area contributed by atoms with Crippen LogP contribution in [0.1, 0.15) is 62.3 Å². The Hall–Kier alpha value is 1.59. The SMILES string of the molecule is CC[SiH]1O[SiH](CC)O[SiH](CC)O[SiH](CC)O[SiH](CC)O[SiH](CC)O[SiH](CC)O[SiH](CC)O[SiH](CC)O1. The predicted molar refractivity (Wildman–Crippen MR) is 168 cm³/mol. The van der Waals surface area contributed by atoms with E-state index in [0.29, 0.717) is 0 Å². The maximum atomic E-state index is 6.58. The fraction of sp³-hybridized carbons (Fsp3) is 1.00. The van der Waals surface area contributed by atoms with Crippen LogP contribution in [-0.4, -0.2) is 83.6 Å². The van der Waals surface area contributed by atoms with Gasteiger partial charge in [0.05, 0.1) is 0 Å². The van der Waals surface area contributed by atoms with E-state index in [1.54, 1.807) is 0 Å². The summed E-state index contributed by atoms with van der Waals surface area (Å²) in [5, 5.41) is 0. The molecular formula is C18H54O9Si9. The fourth-order valence-electron chi connectivity index (χ4n) is 3.54. The van der Waals surface area contributed by atoms with E-state index in [1.807, 2.05) is 0 Å². The molecule has 0 aliphatic carbocycles. The third kappa shape index (κ3) is 13.8. The van der Waals surface area contributed by atoms with Gasteiger partial charge in [-0.15, -0.1) is 0 Å². The van der Waals surface area contributed by atoms with Crippen LogP contribution in [0.25, 0.3) is 0 Å². The van der Waals surface area contributed by atoms with Crippen LogP contribution >= 0.6 is 0 Å². The van der Waals surface area contributed by atoms with E-state index >= 15 is 0 Å². The number of hydrogen-bond donors (Lipinski definition) is 0.